The van der Waals surface area contributed by atoms with E-state index >= 15 is 0 Å². The number of rotatable bonds is 1. The normalized spacial score (nSPS) is 14.7. The minimum atomic E-state index is 1.08. The summed E-state index contributed by atoms with van der Waals surface area (Å²) in [6.45, 7) is 0. The van der Waals surface area contributed by atoms with Crippen molar-refractivity contribution < 1.29 is 0 Å². The summed E-state index contributed by atoms with van der Waals surface area (Å²) < 4.78 is 0. The Morgan fingerprint density at radius 2 is 1.87 bits per heavy atom. The summed E-state index contributed by atoms with van der Waals surface area (Å²) in [5.41, 5.74) is 2.31. The Labute approximate surface area is 93.5 Å². The first-order valence-electron chi connectivity index (χ1n) is 4.81. The van der Waals surface area contributed by atoms with Crippen LogP contribution in [0.3, 0.4) is 0 Å². The van der Waals surface area contributed by atoms with E-state index in [2.05, 4.69) is 41.7 Å². The molecule has 0 aliphatic carbocycles. The minimum absolute atomic E-state index is 1.08. The number of para-hydroxylation sites is 1. The van der Waals surface area contributed by atoms with E-state index in [9.17, 15) is 0 Å². The Hall–Kier alpha value is -1.41. The molecule has 1 heterocycles. The fourth-order valence-electron chi connectivity index (χ4n) is 1.57. The van der Waals surface area contributed by atoms with Crippen LogP contribution in [0.5, 0.6) is 0 Å². The third-order valence-electron chi connectivity index (χ3n) is 2.30. The smallest absolute Gasteiger partial charge is 0.152 e. The lowest BCUT2D eigenvalue weighted by molar-refractivity contribution is 1.36. The third kappa shape index (κ3) is 1.61. The number of nitrogens with one attached hydrogen (secondary N) is 1. The van der Waals surface area contributed by atoms with Gasteiger partial charge in [0.2, 0.25) is 0 Å². The van der Waals surface area contributed by atoms with Gasteiger partial charge < -0.3 is 5.32 Å². The molecule has 0 bridgehead atoms. The molecule has 0 spiro atoms. The van der Waals surface area contributed by atoms with E-state index in [1.165, 1.54) is 15.8 Å². The van der Waals surface area contributed by atoms with Gasteiger partial charge in [-0.1, -0.05) is 54.2 Å². The molecule has 2 aromatic rings. The molecule has 1 aliphatic rings. The zero-order valence-corrected chi connectivity index (χ0v) is 8.84. The molecular weight excluding hydrogens is 202 g/mol. The molecule has 72 valence electrons. The molecule has 0 saturated heterocycles. The zero-order chi connectivity index (χ0) is 10.1. The van der Waals surface area contributed by atoms with Gasteiger partial charge in [-0.15, -0.1) is 0 Å². The lowest BCUT2D eigenvalue weighted by Gasteiger charge is -2.07. The van der Waals surface area contributed by atoms with Crippen LogP contribution < -0.4 is 5.32 Å². The average molecular weight is 211 g/mol. The maximum Gasteiger partial charge on any atom is 0.152 e. The quantitative estimate of drug-likeness (QED) is 0.774. The molecule has 0 fully saturated rings. The molecule has 1 aliphatic heterocycles. The highest BCUT2D eigenvalue weighted by atomic mass is 32.2. The molecule has 2 aromatic carbocycles. The van der Waals surface area contributed by atoms with Gasteiger partial charge in [-0.3, -0.25) is 0 Å². The van der Waals surface area contributed by atoms with E-state index in [4.69, 9.17) is 0 Å². The molecule has 3 rings (SSSR count). The van der Waals surface area contributed by atoms with Crippen LogP contribution in [0.1, 0.15) is 5.56 Å². The van der Waals surface area contributed by atoms with Crippen molar-refractivity contribution >= 4 is 17.4 Å². The van der Waals surface area contributed by atoms with Crippen molar-refractivity contribution in [2.75, 3.05) is 5.32 Å². The molecule has 0 amide bonds. The van der Waals surface area contributed by atoms with Crippen LogP contribution in [0.4, 0.5) is 5.69 Å². The van der Waals surface area contributed by atoms with Crippen molar-refractivity contribution in [3.63, 3.8) is 0 Å². The van der Waals surface area contributed by atoms with Crippen molar-refractivity contribution in [3.05, 3.63) is 65.5 Å². The summed E-state index contributed by atoms with van der Waals surface area (Å²) in [7, 11) is 0. The van der Waals surface area contributed by atoms with Gasteiger partial charge in [0.05, 0.1) is 5.69 Å². The monoisotopic (exact) mass is 211 g/mol. The van der Waals surface area contributed by atoms with Gasteiger partial charge in [-0.2, -0.15) is 0 Å². The first-order chi connectivity index (χ1) is 7.43. The van der Waals surface area contributed by atoms with E-state index < -0.39 is 0 Å². The van der Waals surface area contributed by atoms with E-state index in [1.54, 1.807) is 11.8 Å². The summed E-state index contributed by atoms with van der Waals surface area (Å²) in [5.74, 6) is 0. The number of hydrogen-bond acceptors (Lipinski definition) is 2. The molecule has 0 unspecified atom stereocenters. The van der Waals surface area contributed by atoms with E-state index in [-0.39, 0.29) is 0 Å². The SMILES string of the molecule is [c]1cccc2c1N[C](c1ccccc1)S2. The molecule has 0 aromatic heterocycles. The highest BCUT2D eigenvalue weighted by molar-refractivity contribution is 8.03. The van der Waals surface area contributed by atoms with Gasteiger partial charge in [0.15, 0.2) is 5.37 Å². The molecule has 0 atom stereocenters. The highest BCUT2D eigenvalue weighted by Crippen LogP contribution is 2.44. The molecule has 1 N–H and O–H groups in total. The second kappa shape index (κ2) is 3.63. The minimum Gasteiger partial charge on any atom is -0.362 e. The Kier molecular flexibility index (Phi) is 2.14. The van der Waals surface area contributed by atoms with Crippen molar-refractivity contribution in [3.8, 4) is 0 Å². The number of fused-ring (bicyclic) bond motifs is 1. The van der Waals surface area contributed by atoms with Crippen LogP contribution >= 0.6 is 11.8 Å². The Morgan fingerprint density at radius 1 is 1.00 bits per heavy atom. The van der Waals surface area contributed by atoms with Gasteiger partial charge in [0.25, 0.3) is 0 Å². The van der Waals surface area contributed by atoms with Gasteiger partial charge in [0.1, 0.15) is 0 Å². The topological polar surface area (TPSA) is 12.0 Å². The summed E-state index contributed by atoms with van der Waals surface area (Å²) in [4.78, 5) is 1.25. The van der Waals surface area contributed by atoms with Crippen molar-refractivity contribution in [2.24, 2.45) is 0 Å². The predicted octanol–water partition coefficient (Wildman–Crippen LogP) is 3.54. The number of anilines is 1. The molecular formula is C13H9NS. The van der Waals surface area contributed by atoms with Gasteiger partial charge in [0, 0.05) is 11.0 Å². The van der Waals surface area contributed by atoms with Gasteiger partial charge in [-0.25, -0.2) is 0 Å². The largest absolute Gasteiger partial charge is 0.362 e. The third-order valence-corrected chi connectivity index (χ3v) is 3.41. The molecule has 2 heteroatoms. The van der Waals surface area contributed by atoms with E-state index in [1.807, 2.05) is 18.2 Å². The Morgan fingerprint density at radius 3 is 2.67 bits per heavy atom. The fourth-order valence-corrected chi connectivity index (χ4v) is 2.56. The Bertz CT molecular complexity index is 442. The second-order valence-corrected chi connectivity index (χ2v) is 4.38. The fraction of sp³-hybridized carbons (Fsp3) is 0. The maximum atomic E-state index is 3.37. The lowest BCUT2D eigenvalue weighted by Crippen LogP contribution is -2.01. The second-order valence-electron chi connectivity index (χ2n) is 3.33. The standard InChI is InChI=1S/C13H9NS/c1-2-6-10(7-3-1)13-14-11-8-4-5-9-12(11)15-13/h1-7,9,14H. The highest BCUT2D eigenvalue weighted by Gasteiger charge is 2.23. The van der Waals surface area contributed by atoms with Crippen LogP contribution in [-0.2, 0) is 0 Å². The van der Waals surface area contributed by atoms with Crippen molar-refractivity contribution in [1.29, 1.82) is 0 Å². The number of benzene rings is 2. The summed E-state index contributed by atoms with van der Waals surface area (Å²) in [6.07, 6.45) is 0. The maximum absolute atomic E-state index is 3.37. The van der Waals surface area contributed by atoms with Gasteiger partial charge in [-0.05, 0) is 11.6 Å². The van der Waals surface area contributed by atoms with Crippen molar-refractivity contribution in [2.45, 2.75) is 4.90 Å². The van der Waals surface area contributed by atoms with Crippen LogP contribution in [0.15, 0.2) is 53.4 Å². The molecule has 1 nitrogen and oxygen atoms in total. The molecule has 0 saturated carbocycles. The molecule has 15 heavy (non-hydrogen) atoms. The van der Waals surface area contributed by atoms with Crippen molar-refractivity contribution in [1.82, 2.24) is 0 Å². The van der Waals surface area contributed by atoms with Crippen LogP contribution in [0, 0.1) is 11.4 Å². The molecule has 2 radical (unpaired) electrons. The zero-order valence-electron chi connectivity index (χ0n) is 8.03. The number of hydrogen-bond donors (Lipinski definition) is 1. The van der Waals surface area contributed by atoms with E-state index in [0.29, 0.717) is 0 Å². The Balaban J connectivity index is 1.91. The first-order valence-corrected chi connectivity index (χ1v) is 5.63. The first kappa shape index (κ1) is 8.86. The predicted molar refractivity (Wildman–Crippen MR) is 63.5 cm³/mol. The summed E-state index contributed by atoms with van der Waals surface area (Å²) in [6, 6.07) is 19.6. The number of thioether (sulfide) groups is 1. The van der Waals surface area contributed by atoms with Crippen LogP contribution in [0.25, 0.3) is 0 Å². The van der Waals surface area contributed by atoms with Gasteiger partial charge >= 0.3 is 0 Å². The average Bonchev–Trinajstić information content (AvgIpc) is 2.74. The van der Waals surface area contributed by atoms with Crippen LogP contribution in [0.2, 0.25) is 0 Å². The summed E-state index contributed by atoms with van der Waals surface area (Å²) in [5, 5.41) is 4.56. The van der Waals surface area contributed by atoms with E-state index in [0.717, 1.165) is 5.69 Å². The summed E-state index contributed by atoms with van der Waals surface area (Å²) >= 11 is 1.76. The lowest BCUT2D eigenvalue weighted by atomic mass is 10.2. The van der Waals surface area contributed by atoms with Crippen LogP contribution in [-0.4, -0.2) is 0 Å².